The Hall–Kier alpha value is -4.08. The van der Waals surface area contributed by atoms with Crippen molar-refractivity contribution < 1.29 is 22.8 Å². The van der Waals surface area contributed by atoms with Gasteiger partial charge in [0.2, 0.25) is 0 Å². The molecule has 0 heterocycles. The molecule has 0 aliphatic carbocycles. The molecule has 0 fully saturated rings. The monoisotopic (exact) mass is 510 g/mol. The summed E-state index contributed by atoms with van der Waals surface area (Å²) in [5, 5.41) is 11.7. The Bertz CT molecular complexity index is 1430. The lowest BCUT2D eigenvalue weighted by molar-refractivity contribution is -0.385. The quantitative estimate of drug-likeness (QED) is 0.205. The summed E-state index contributed by atoms with van der Waals surface area (Å²) in [5.74, 6) is 0.853. The molecule has 1 N–H and O–H groups in total. The molecular formula is C25H19ClN2O6S. The third kappa shape index (κ3) is 6.28. The normalized spacial score (nSPS) is 11.0. The van der Waals surface area contributed by atoms with Crippen LogP contribution in [0.4, 0.5) is 11.4 Å². The standard InChI is InChI=1S/C25H19ClN2O6S/c26-19-6-8-20(9-7-19)27-35(31,32)25-16-21(28(29)30)10-15-24(25)34-23-13-11-22(12-14-23)33-17-18-4-2-1-3-5-18/h1-16,27H,17H2. The molecule has 4 rings (SSSR count). The number of nitrogens with zero attached hydrogens (tertiary/aromatic N) is 1. The molecule has 0 aliphatic rings. The van der Waals surface area contributed by atoms with Crippen LogP contribution in [-0.2, 0) is 16.6 Å². The zero-order chi connectivity index (χ0) is 24.8. The van der Waals surface area contributed by atoms with Crippen molar-refractivity contribution in [3.8, 4) is 17.2 Å². The first-order chi connectivity index (χ1) is 16.8. The van der Waals surface area contributed by atoms with E-state index in [4.69, 9.17) is 21.1 Å². The molecule has 0 aliphatic heterocycles. The highest BCUT2D eigenvalue weighted by atomic mass is 35.5. The maximum absolute atomic E-state index is 13.1. The van der Waals surface area contributed by atoms with Crippen LogP contribution in [0.2, 0.25) is 5.02 Å². The van der Waals surface area contributed by atoms with Gasteiger partial charge in [0.1, 0.15) is 28.8 Å². The number of non-ortho nitro benzene ring substituents is 1. The highest BCUT2D eigenvalue weighted by Gasteiger charge is 2.24. The Kier molecular flexibility index (Phi) is 7.19. The van der Waals surface area contributed by atoms with Gasteiger partial charge < -0.3 is 9.47 Å². The number of sulfonamides is 1. The van der Waals surface area contributed by atoms with Crippen LogP contribution in [0.5, 0.6) is 17.2 Å². The second kappa shape index (κ2) is 10.5. The molecule has 0 atom stereocenters. The van der Waals surface area contributed by atoms with E-state index in [0.717, 1.165) is 11.6 Å². The van der Waals surface area contributed by atoms with Crippen LogP contribution >= 0.6 is 11.6 Å². The maximum atomic E-state index is 13.1. The van der Waals surface area contributed by atoms with Gasteiger partial charge in [-0.2, -0.15) is 0 Å². The molecule has 0 radical (unpaired) electrons. The van der Waals surface area contributed by atoms with Gasteiger partial charge in [0, 0.05) is 22.8 Å². The molecule has 4 aromatic rings. The van der Waals surface area contributed by atoms with Crippen molar-refractivity contribution in [3.63, 3.8) is 0 Å². The lowest BCUT2D eigenvalue weighted by Gasteiger charge is -2.14. The molecule has 0 spiro atoms. The van der Waals surface area contributed by atoms with E-state index in [2.05, 4.69) is 4.72 Å². The van der Waals surface area contributed by atoms with E-state index < -0.39 is 20.6 Å². The summed E-state index contributed by atoms with van der Waals surface area (Å²) >= 11 is 5.85. The lowest BCUT2D eigenvalue weighted by atomic mass is 10.2. The van der Waals surface area contributed by atoms with Crippen LogP contribution < -0.4 is 14.2 Å². The Balaban J connectivity index is 1.56. The van der Waals surface area contributed by atoms with Crippen molar-refractivity contribution in [2.75, 3.05) is 4.72 Å². The fraction of sp³-hybridized carbons (Fsp3) is 0.0400. The Morgan fingerprint density at radius 2 is 1.51 bits per heavy atom. The molecule has 0 aromatic heterocycles. The first kappa shape index (κ1) is 24.1. The summed E-state index contributed by atoms with van der Waals surface area (Å²) < 4.78 is 40.1. The van der Waals surface area contributed by atoms with Crippen molar-refractivity contribution in [1.29, 1.82) is 0 Å². The van der Waals surface area contributed by atoms with Crippen LogP contribution in [0.15, 0.2) is 102 Å². The summed E-state index contributed by atoms with van der Waals surface area (Å²) in [6.45, 7) is 0.391. The van der Waals surface area contributed by atoms with Crippen molar-refractivity contribution >= 4 is 33.0 Å². The van der Waals surface area contributed by atoms with E-state index in [1.54, 1.807) is 24.3 Å². The van der Waals surface area contributed by atoms with E-state index in [9.17, 15) is 18.5 Å². The number of anilines is 1. The number of nitro benzene ring substituents is 1. The molecule has 0 saturated heterocycles. The average molecular weight is 511 g/mol. The molecule has 4 aromatic carbocycles. The number of hydrogen-bond donors (Lipinski definition) is 1. The van der Waals surface area contributed by atoms with Gasteiger partial charge in [-0.25, -0.2) is 8.42 Å². The maximum Gasteiger partial charge on any atom is 0.271 e. The molecule has 0 unspecified atom stereocenters. The van der Waals surface area contributed by atoms with Gasteiger partial charge in [-0.15, -0.1) is 0 Å². The molecule has 8 nitrogen and oxygen atoms in total. The topological polar surface area (TPSA) is 108 Å². The van der Waals surface area contributed by atoms with Crippen LogP contribution in [0.1, 0.15) is 5.56 Å². The molecule has 0 saturated carbocycles. The number of halogens is 1. The largest absolute Gasteiger partial charge is 0.489 e. The van der Waals surface area contributed by atoms with Crippen molar-refractivity contribution in [3.05, 3.63) is 118 Å². The predicted octanol–water partition coefficient (Wildman–Crippen LogP) is 6.42. The van der Waals surface area contributed by atoms with E-state index in [0.29, 0.717) is 23.1 Å². The Morgan fingerprint density at radius 3 is 2.17 bits per heavy atom. The van der Waals surface area contributed by atoms with Crippen molar-refractivity contribution in [2.24, 2.45) is 0 Å². The van der Waals surface area contributed by atoms with Crippen molar-refractivity contribution in [2.45, 2.75) is 11.5 Å². The number of nitro groups is 1. The van der Waals surface area contributed by atoms with Gasteiger partial charge in [0.05, 0.1) is 4.92 Å². The van der Waals surface area contributed by atoms with Gasteiger partial charge in [0.15, 0.2) is 0 Å². The van der Waals surface area contributed by atoms with Gasteiger partial charge in [-0.05, 0) is 60.2 Å². The third-order valence-corrected chi connectivity index (χ3v) is 6.48. The van der Waals surface area contributed by atoms with Crippen LogP contribution in [-0.4, -0.2) is 13.3 Å². The molecule has 35 heavy (non-hydrogen) atoms. The third-order valence-electron chi connectivity index (χ3n) is 4.82. The summed E-state index contributed by atoms with van der Waals surface area (Å²) in [5.41, 5.74) is 0.868. The smallest absolute Gasteiger partial charge is 0.271 e. The Morgan fingerprint density at radius 1 is 0.857 bits per heavy atom. The van der Waals surface area contributed by atoms with Gasteiger partial charge in [-0.3, -0.25) is 14.8 Å². The fourth-order valence-corrected chi connectivity index (χ4v) is 4.44. The summed E-state index contributed by atoms with van der Waals surface area (Å²) in [7, 11) is -4.23. The second-order valence-electron chi connectivity index (χ2n) is 7.35. The summed E-state index contributed by atoms with van der Waals surface area (Å²) in [6, 6.07) is 25.6. The van der Waals surface area contributed by atoms with Crippen LogP contribution in [0, 0.1) is 10.1 Å². The fourth-order valence-electron chi connectivity index (χ4n) is 3.10. The first-order valence-electron chi connectivity index (χ1n) is 10.3. The molecule has 0 bridgehead atoms. The Labute approximate surface area is 206 Å². The van der Waals surface area contributed by atoms with Gasteiger partial charge in [-0.1, -0.05) is 41.9 Å². The van der Waals surface area contributed by atoms with Crippen molar-refractivity contribution in [1.82, 2.24) is 0 Å². The minimum Gasteiger partial charge on any atom is -0.489 e. The lowest BCUT2D eigenvalue weighted by Crippen LogP contribution is -2.14. The molecular weight excluding hydrogens is 492 g/mol. The number of benzene rings is 4. The first-order valence-corrected chi connectivity index (χ1v) is 12.2. The van der Waals surface area contributed by atoms with Gasteiger partial charge >= 0.3 is 0 Å². The van der Waals surface area contributed by atoms with E-state index >= 15 is 0 Å². The summed E-state index contributed by atoms with van der Waals surface area (Å²) in [4.78, 5) is 10.2. The van der Waals surface area contributed by atoms with Crippen LogP contribution in [0.3, 0.4) is 0 Å². The number of nitrogens with one attached hydrogen (secondary N) is 1. The number of rotatable bonds is 9. The van der Waals surface area contributed by atoms with E-state index in [1.165, 1.54) is 36.4 Å². The minimum absolute atomic E-state index is 0.0741. The number of ether oxygens (including phenoxy) is 2. The predicted molar refractivity (Wildman–Crippen MR) is 133 cm³/mol. The molecule has 178 valence electrons. The average Bonchev–Trinajstić information content (AvgIpc) is 2.85. The minimum atomic E-state index is -4.23. The summed E-state index contributed by atoms with van der Waals surface area (Å²) in [6.07, 6.45) is 0. The number of hydrogen-bond acceptors (Lipinski definition) is 6. The second-order valence-corrected chi connectivity index (χ2v) is 9.44. The highest BCUT2D eigenvalue weighted by molar-refractivity contribution is 7.92. The molecule has 0 amide bonds. The zero-order valence-corrected chi connectivity index (χ0v) is 19.7. The van der Waals surface area contributed by atoms with E-state index in [-0.39, 0.29) is 16.3 Å². The SMILES string of the molecule is O=[N+]([O-])c1ccc(Oc2ccc(OCc3ccccc3)cc2)c(S(=O)(=O)Nc2ccc(Cl)cc2)c1. The van der Waals surface area contributed by atoms with Gasteiger partial charge in [0.25, 0.3) is 15.7 Å². The van der Waals surface area contributed by atoms with Crippen LogP contribution in [0.25, 0.3) is 0 Å². The highest BCUT2D eigenvalue weighted by Crippen LogP contribution is 2.34. The zero-order valence-electron chi connectivity index (χ0n) is 18.1. The van der Waals surface area contributed by atoms with E-state index in [1.807, 2.05) is 30.3 Å². The molecule has 10 heteroatoms.